The molecule has 0 amide bonds. The van der Waals surface area contributed by atoms with Crippen LogP contribution in [-0.4, -0.2) is 23.6 Å². The minimum atomic E-state index is -0.352. The molecule has 0 saturated heterocycles. The Balaban J connectivity index is 1.52. The third-order valence-corrected chi connectivity index (χ3v) is 8.54. The lowest BCUT2D eigenvalue weighted by molar-refractivity contribution is -0.144. The van der Waals surface area contributed by atoms with Crippen LogP contribution in [0.1, 0.15) is 67.0 Å². The highest BCUT2D eigenvalue weighted by atomic mass is 32.1. The minimum absolute atomic E-state index is 0.00238. The Morgan fingerprint density at radius 1 is 1.03 bits per heavy atom. The van der Waals surface area contributed by atoms with Gasteiger partial charge in [-0.15, -0.1) is 22.7 Å². The van der Waals surface area contributed by atoms with Crippen molar-refractivity contribution in [2.75, 3.05) is 0 Å². The molecular weight excluding hydrogens is 414 g/mol. The van der Waals surface area contributed by atoms with Gasteiger partial charge in [0.1, 0.15) is 11.9 Å². The molecule has 3 aliphatic rings. The molecule has 0 unspecified atom stereocenters. The van der Waals surface area contributed by atoms with Gasteiger partial charge in [-0.3, -0.25) is 9.79 Å². The third-order valence-electron chi connectivity index (χ3n) is 6.55. The van der Waals surface area contributed by atoms with Crippen LogP contribution in [0.2, 0.25) is 0 Å². The summed E-state index contributed by atoms with van der Waals surface area (Å²) in [6.45, 7) is 1.90. The topological polar surface area (TPSA) is 55.7 Å². The number of ketones is 1. The quantitative estimate of drug-likeness (QED) is 0.560. The zero-order valence-corrected chi connectivity index (χ0v) is 18.6. The first-order valence-electron chi connectivity index (χ1n) is 10.7. The van der Waals surface area contributed by atoms with Gasteiger partial charge in [-0.25, -0.2) is 4.79 Å². The normalized spacial score (nSPS) is 27.2. The molecule has 2 aromatic heterocycles. The molecule has 0 bridgehead atoms. The molecule has 1 aliphatic heterocycles. The molecule has 2 aliphatic carbocycles. The van der Waals surface area contributed by atoms with E-state index in [1.165, 1.54) is 4.88 Å². The number of fused-ring (bicyclic) bond motifs is 1. The van der Waals surface area contributed by atoms with Crippen molar-refractivity contribution >= 4 is 40.1 Å². The molecule has 2 aromatic rings. The van der Waals surface area contributed by atoms with Gasteiger partial charge < -0.3 is 4.74 Å². The van der Waals surface area contributed by atoms with Crippen molar-refractivity contribution in [3.05, 3.63) is 56.1 Å². The van der Waals surface area contributed by atoms with Gasteiger partial charge in [0.05, 0.1) is 11.5 Å². The maximum Gasteiger partial charge on any atom is 0.336 e. The van der Waals surface area contributed by atoms with Gasteiger partial charge in [0.15, 0.2) is 0 Å². The second kappa shape index (κ2) is 8.23. The number of thiophene rings is 2. The van der Waals surface area contributed by atoms with Crippen molar-refractivity contribution in [1.29, 1.82) is 0 Å². The molecule has 30 heavy (non-hydrogen) atoms. The Morgan fingerprint density at radius 2 is 1.73 bits per heavy atom. The summed E-state index contributed by atoms with van der Waals surface area (Å²) in [5.41, 5.74) is 2.22. The van der Waals surface area contributed by atoms with E-state index >= 15 is 0 Å². The lowest BCUT2D eigenvalue weighted by atomic mass is 9.68. The first kappa shape index (κ1) is 19.9. The molecule has 4 nitrogen and oxygen atoms in total. The van der Waals surface area contributed by atoms with Crippen LogP contribution in [0.5, 0.6) is 0 Å². The molecule has 3 heterocycles. The first-order chi connectivity index (χ1) is 14.6. The second-order valence-corrected chi connectivity index (χ2v) is 10.4. The van der Waals surface area contributed by atoms with Gasteiger partial charge >= 0.3 is 5.97 Å². The van der Waals surface area contributed by atoms with Gasteiger partial charge in [0.25, 0.3) is 0 Å². The summed E-state index contributed by atoms with van der Waals surface area (Å²) in [5, 5.41) is 4.07. The Kier molecular flexibility index (Phi) is 5.46. The van der Waals surface area contributed by atoms with E-state index in [1.807, 2.05) is 30.5 Å². The maximum atomic E-state index is 13.4. The van der Waals surface area contributed by atoms with E-state index in [1.54, 1.807) is 22.7 Å². The molecule has 2 fully saturated rings. The number of hydrogen-bond donors (Lipinski definition) is 0. The predicted molar refractivity (Wildman–Crippen MR) is 120 cm³/mol. The van der Waals surface area contributed by atoms with Crippen molar-refractivity contribution in [1.82, 2.24) is 0 Å². The van der Waals surface area contributed by atoms with Crippen LogP contribution in [-0.2, 0) is 14.3 Å². The number of rotatable bonds is 4. The van der Waals surface area contributed by atoms with Crippen LogP contribution in [0.4, 0.5) is 0 Å². The van der Waals surface area contributed by atoms with Crippen molar-refractivity contribution < 1.29 is 14.3 Å². The fourth-order valence-corrected chi connectivity index (χ4v) is 6.87. The highest BCUT2D eigenvalue weighted by Crippen LogP contribution is 2.47. The predicted octanol–water partition coefficient (Wildman–Crippen LogP) is 5.87. The number of nitrogens with zero attached hydrogens (tertiary/aromatic N) is 1. The number of hydrogen-bond acceptors (Lipinski definition) is 6. The summed E-state index contributed by atoms with van der Waals surface area (Å²) in [4.78, 5) is 33.8. The van der Waals surface area contributed by atoms with Crippen molar-refractivity contribution in [2.45, 2.75) is 63.4 Å². The molecule has 0 N–H and O–H groups in total. The first-order valence-corrected chi connectivity index (χ1v) is 12.5. The highest BCUT2D eigenvalue weighted by molar-refractivity contribution is 7.10. The molecule has 2 saturated carbocycles. The number of carbonyl (C=O) groups is 2. The van der Waals surface area contributed by atoms with Gasteiger partial charge in [-0.2, -0.15) is 0 Å². The Bertz CT molecular complexity index is 997. The minimum Gasteiger partial charge on any atom is -0.459 e. The summed E-state index contributed by atoms with van der Waals surface area (Å²) in [6, 6.07) is 8.17. The molecule has 0 spiro atoms. The maximum absolute atomic E-state index is 13.4. The van der Waals surface area contributed by atoms with Crippen molar-refractivity contribution in [3.63, 3.8) is 0 Å². The van der Waals surface area contributed by atoms with Crippen LogP contribution in [0, 0.1) is 5.92 Å². The van der Waals surface area contributed by atoms with E-state index < -0.39 is 0 Å². The number of ether oxygens (including phenoxy) is 1. The lowest BCUT2D eigenvalue weighted by Crippen LogP contribution is -2.41. The SMILES string of the molecule is CC1=C(C(=O)OC2CCCC2)[C@H](c2cccs2)[C@H]2C(=O)C[C@H](c3cccs3)CC2=N1. The molecular formula is C24H25NO3S2. The summed E-state index contributed by atoms with van der Waals surface area (Å²) >= 11 is 3.31. The second-order valence-electron chi connectivity index (χ2n) is 8.47. The average Bonchev–Trinajstić information content (AvgIpc) is 3.49. The molecule has 156 valence electrons. The summed E-state index contributed by atoms with van der Waals surface area (Å²) in [6.07, 6.45) is 5.37. The molecule has 0 radical (unpaired) electrons. The van der Waals surface area contributed by atoms with E-state index in [2.05, 4.69) is 11.4 Å². The van der Waals surface area contributed by atoms with E-state index in [0.717, 1.165) is 42.7 Å². The van der Waals surface area contributed by atoms with E-state index in [4.69, 9.17) is 9.73 Å². The molecule has 5 rings (SSSR count). The fourth-order valence-electron chi connectivity index (χ4n) is 5.16. The van der Waals surface area contributed by atoms with Crippen LogP contribution in [0.15, 0.2) is 51.3 Å². The molecule has 3 atom stereocenters. The van der Waals surface area contributed by atoms with Gasteiger partial charge in [-0.05, 0) is 61.9 Å². The Hall–Kier alpha value is -2.05. The Labute approximate surface area is 184 Å². The monoisotopic (exact) mass is 439 g/mol. The average molecular weight is 440 g/mol. The standard InChI is InChI=1S/C24H25NO3S2/c1-14-21(24(27)28-16-6-2-3-7-16)23(20-9-5-11-30-20)22-17(25-14)12-15(13-18(22)26)19-8-4-10-29-19/h4-5,8-11,15-16,22-23H,2-3,6-7,12-13H2,1H3/t15-,22-,23+/m1/s1. The van der Waals surface area contributed by atoms with E-state index in [9.17, 15) is 9.59 Å². The highest BCUT2D eigenvalue weighted by Gasteiger charge is 2.46. The van der Waals surface area contributed by atoms with Crippen LogP contribution in [0.25, 0.3) is 0 Å². The van der Waals surface area contributed by atoms with E-state index in [-0.39, 0.29) is 35.6 Å². The zero-order valence-electron chi connectivity index (χ0n) is 17.0. The number of esters is 1. The zero-order chi connectivity index (χ0) is 20.7. The smallest absolute Gasteiger partial charge is 0.336 e. The van der Waals surface area contributed by atoms with Crippen LogP contribution >= 0.6 is 22.7 Å². The number of allylic oxidation sites excluding steroid dienone is 1. The number of aliphatic imine (C=N–C) groups is 1. The van der Waals surface area contributed by atoms with Gasteiger partial charge in [0.2, 0.25) is 0 Å². The van der Waals surface area contributed by atoms with Crippen LogP contribution in [0.3, 0.4) is 0 Å². The summed E-state index contributed by atoms with van der Waals surface area (Å²) < 4.78 is 5.87. The molecule has 0 aromatic carbocycles. The van der Waals surface area contributed by atoms with Crippen LogP contribution < -0.4 is 0 Å². The third kappa shape index (κ3) is 3.60. The lowest BCUT2D eigenvalue weighted by Gasteiger charge is -2.37. The van der Waals surface area contributed by atoms with Crippen molar-refractivity contribution in [2.24, 2.45) is 10.9 Å². The number of Topliss-reactive ketones (excluding diaryl/α,β-unsaturated/α-hetero) is 1. The van der Waals surface area contributed by atoms with Gasteiger partial charge in [0, 0.05) is 39.4 Å². The van der Waals surface area contributed by atoms with E-state index in [0.29, 0.717) is 17.7 Å². The largest absolute Gasteiger partial charge is 0.459 e. The molecule has 6 heteroatoms. The number of carbonyl (C=O) groups excluding carboxylic acids is 2. The van der Waals surface area contributed by atoms with Crippen molar-refractivity contribution in [3.8, 4) is 0 Å². The Morgan fingerprint density at radius 3 is 2.40 bits per heavy atom. The fraction of sp³-hybridized carbons (Fsp3) is 0.458. The summed E-state index contributed by atoms with van der Waals surface area (Å²) in [5.74, 6) is -0.529. The van der Waals surface area contributed by atoms with Gasteiger partial charge in [-0.1, -0.05) is 12.1 Å². The summed E-state index contributed by atoms with van der Waals surface area (Å²) in [7, 11) is 0.